The molecule has 0 aromatic heterocycles. The standard InChI is InChI=1S/C11H24N2/c1-8(2)11(12)7-13-6-9(3)5-10(13)4/h8-11H,5-7,12H2,1-4H3. The van der Waals surface area contributed by atoms with Crippen molar-refractivity contribution in [3.8, 4) is 0 Å². The van der Waals surface area contributed by atoms with Crippen LogP contribution >= 0.6 is 0 Å². The monoisotopic (exact) mass is 184 g/mol. The van der Waals surface area contributed by atoms with Crippen molar-refractivity contribution in [2.75, 3.05) is 13.1 Å². The summed E-state index contributed by atoms with van der Waals surface area (Å²) in [6.45, 7) is 11.4. The fourth-order valence-corrected chi connectivity index (χ4v) is 2.12. The molecule has 3 atom stereocenters. The average Bonchev–Trinajstić information content (AvgIpc) is 2.30. The van der Waals surface area contributed by atoms with E-state index in [1.807, 2.05) is 0 Å². The average molecular weight is 184 g/mol. The molecule has 1 fully saturated rings. The molecule has 1 aliphatic heterocycles. The zero-order valence-corrected chi connectivity index (χ0v) is 9.46. The summed E-state index contributed by atoms with van der Waals surface area (Å²) in [5, 5.41) is 0. The molecule has 1 saturated heterocycles. The maximum absolute atomic E-state index is 6.06. The van der Waals surface area contributed by atoms with Gasteiger partial charge >= 0.3 is 0 Å². The summed E-state index contributed by atoms with van der Waals surface area (Å²) in [4.78, 5) is 2.54. The van der Waals surface area contributed by atoms with E-state index >= 15 is 0 Å². The quantitative estimate of drug-likeness (QED) is 0.723. The number of nitrogens with two attached hydrogens (primary N) is 1. The Balaban J connectivity index is 2.36. The van der Waals surface area contributed by atoms with Gasteiger partial charge in [0.25, 0.3) is 0 Å². The van der Waals surface area contributed by atoms with Gasteiger partial charge in [0, 0.05) is 25.2 Å². The minimum atomic E-state index is 0.341. The van der Waals surface area contributed by atoms with Gasteiger partial charge in [0.05, 0.1) is 0 Å². The molecule has 0 saturated carbocycles. The highest BCUT2D eigenvalue weighted by atomic mass is 15.2. The molecule has 0 amide bonds. The van der Waals surface area contributed by atoms with Crippen molar-refractivity contribution in [1.29, 1.82) is 0 Å². The van der Waals surface area contributed by atoms with E-state index in [0.717, 1.165) is 18.5 Å². The van der Waals surface area contributed by atoms with Crippen LogP contribution in [0, 0.1) is 11.8 Å². The minimum absolute atomic E-state index is 0.341. The van der Waals surface area contributed by atoms with Crippen LogP contribution in [0.1, 0.15) is 34.1 Å². The Hall–Kier alpha value is -0.0800. The highest BCUT2D eigenvalue weighted by Gasteiger charge is 2.27. The van der Waals surface area contributed by atoms with Gasteiger partial charge in [0.1, 0.15) is 0 Å². The third-order valence-electron chi connectivity index (χ3n) is 3.21. The van der Waals surface area contributed by atoms with Gasteiger partial charge in [-0.2, -0.15) is 0 Å². The largest absolute Gasteiger partial charge is 0.326 e. The van der Waals surface area contributed by atoms with Gasteiger partial charge in [-0.05, 0) is 25.2 Å². The van der Waals surface area contributed by atoms with Crippen LogP contribution in [0.5, 0.6) is 0 Å². The van der Waals surface area contributed by atoms with Crippen LogP contribution in [0.15, 0.2) is 0 Å². The van der Waals surface area contributed by atoms with Crippen molar-refractivity contribution < 1.29 is 0 Å². The van der Waals surface area contributed by atoms with E-state index in [9.17, 15) is 0 Å². The lowest BCUT2D eigenvalue weighted by Gasteiger charge is -2.26. The van der Waals surface area contributed by atoms with Crippen molar-refractivity contribution >= 4 is 0 Å². The molecule has 0 aromatic carbocycles. The van der Waals surface area contributed by atoms with Gasteiger partial charge in [-0.15, -0.1) is 0 Å². The summed E-state index contributed by atoms with van der Waals surface area (Å²) in [6, 6.07) is 1.08. The van der Waals surface area contributed by atoms with Crippen LogP contribution in [0.4, 0.5) is 0 Å². The summed E-state index contributed by atoms with van der Waals surface area (Å²) < 4.78 is 0. The van der Waals surface area contributed by atoms with E-state index in [1.165, 1.54) is 13.0 Å². The molecule has 0 aromatic rings. The van der Waals surface area contributed by atoms with E-state index in [4.69, 9.17) is 5.73 Å². The van der Waals surface area contributed by atoms with E-state index in [-0.39, 0.29) is 0 Å². The second kappa shape index (κ2) is 4.43. The Labute approximate surface area is 82.5 Å². The summed E-state index contributed by atoms with van der Waals surface area (Å²) >= 11 is 0. The van der Waals surface area contributed by atoms with Gasteiger partial charge in [-0.25, -0.2) is 0 Å². The molecule has 0 bridgehead atoms. The molecule has 0 spiro atoms. The smallest absolute Gasteiger partial charge is 0.0191 e. The Morgan fingerprint density at radius 2 is 2.00 bits per heavy atom. The summed E-state index contributed by atoms with van der Waals surface area (Å²) in [5.41, 5.74) is 6.06. The normalized spacial score (nSPS) is 32.8. The molecule has 2 N–H and O–H groups in total. The maximum Gasteiger partial charge on any atom is 0.0191 e. The molecule has 1 heterocycles. The number of rotatable bonds is 3. The molecular formula is C11H24N2. The molecule has 0 radical (unpaired) electrons. The predicted molar refractivity (Wildman–Crippen MR) is 57.6 cm³/mol. The van der Waals surface area contributed by atoms with Crippen LogP contribution in [-0.4, -0.2) is 30.1 Å². The van der Waals surface area contributed by atoms with Crippen LogP contribution in [-0.2, 0) is 0 Å². The minimum Gasteiger partial charge on any atom is -0.326 e. The first kappa shape index (κ1) is 11.0. The Bertz CT molecular complexity index is 156. The van der Waals surface area contributed by atoms with E-state index in [1.54, 1.807) is 0 Å². The first-order valence-corrected chi connectivity index (χ1v) is 5.50. The molecule has 78 valence electrons. The third kappa shape index (κ3) is 2.96. The molecule has 2 heteroatoms. The van der Waals surface area contributed by atoms with Gasteiger partial charge in [0.2, 0.25) is 0 Å². The molecule has 0 aliphatic carbocycles. The van der Waals surface area contributed by atoms with Crippen molar-refractivity contribution in [1.82, 2.24) is 4.90 Å². The lowest BCUT2D eigenvalue weighted by molar-refractivity contribution is 0.230. The SMILES string of the molecule is CC1CC(C)N(CC(N)C(C)C)C1. The second-order valence-corrected chi connectivity index (χ2v) is 5.05. The lowest BCUT2D eigenvalue weighted by Crippen LogP contribution is -2.42. The second-order valence-electron chi connectivity index (χ2n) is 5.05. The van der Waals surface area contributed by atoms with Crippen molar-refractivity contribution in [2.45, 2.75) is 46.2 Å². The van der Waals surface area contributed by atoms with Gasteiger partial charge < -0.3 is 5.73 Å². The van der Waals surface area contributed by atoms with Crippen LogP contribution < -0.4 is 5.73 Å². The van der Waals surface area contributed by atoms with Crippen LogP contribution in [0.3, 0.4) is 0 Å². The van der Waals surface area contributed by atoms with Gasteiger partial charge in [-0.3, -0.25) is 4.90 Å². The van der Waals surface area contributed by atoms with Gasteiger partial charge in [0.15, 0.2) is 0 Å². The lowest BCUT2D eigenvalue weighted by atomic mass is 10.1. The summed E-state index contributed by atoms with van der Waals surface area (Å²) in [5.74, 6) is 1.46. The summed E-state index contributed by atoms with van der Waals surface area (Å²) in [6.07, 6.45) is 1.34. The molecule has 3 unspecified atom stereocenters. The third-order valence-corrected chi connectivity index (χ3v) is 3.21. The summed E-state index contributed by atoms with van der Waals surface area (Å²) in [7, 11) is 0. The number of hydrogen-bond donors (Lipinski definition) is 1. The zero-order chi connectivity index (χ0) is 10.0. The highest BCUT2D eigenvalue weighted by molar-refractivity contribution is 4.83. The van der Waals surface area contributed by atoms with Crippen LogP contribution in [0.2, 0.25) is 0 Å². The topological polar surface area (TPSA) is 29.3 Å². The zero-order valence-electron chi connectivity index (χ0n) is 9.46. The van der Waals surface area contributed by atoms with Crippen LogP contribution in [0.25, 0.3) is 0 Å². The first-order chi connectivity index (χ1) is 6.00. The Morgan fingerprint density at radius 1 is 1.38 bits per heavy atom. The van der Waals surface area contributed by atoms with E-state index < -0.39 is 0 Å². The molecular weight excluding hydrogens is 160 g/mol. The predicted octanol–water partition coefficient (Wildman–Crippen LogP) is 1.70. The van der Waals surface area contributed by atoms with E-state index in [0.29, 0.717) is 12.0 Å². The first-order valence-electron chi connectivity index (χ1n) is 5.50. The molecule has 1 aliphatic rings. The van der Waals surface area contributed by atoms with Crippen molar-refractivity contribution in [3.63, 3.8) is 0 Å². The van der Waals surface area contributed by atoms with Gasteiger partial charge in [-0.1, -0.05) is 20.8 Å². The maximum atomic E-state index is 6.06. The fourth-order valence-electron chi connectivity index (χ4n) is 2.12. The molecule has 13 heavy (non-hydrogen) atoms. The Morgan fingerprint density at radius 3 is 2.38 bits per heavy atom. The van der Waals surface area contributed by atoms with Crippen molar-refractivity contribution in [3.05, 3.63) is 0 Å². The number of likely N-dealkylation sites (tertiary alicyclic amines) is 1. The van der Waals surface area contributed by atoms with E-state index in [2.05, 4.69) is 32.6 Å². The molecule has 2 nitrogen and oxygen atoms in total. The molecule has 1 rings (SSSR count). The fraction of sp³-hybridized carbons (Fsp3) is 1.00. The number of hydrogen-bond acceptors (Lipinski definition) is 2. The Kier molecular flexibility index (Phi) is 3.74. The highest BCUT2D eigenvalue weighted by Crippen LogP contribution is 2.22. The number of nitrogens with zero attached hydrogens (tertiary/aromatic N) is 1. The van der Waals surface area contributed by atoms with Crippen molar-refractivity contribution in [2.24, 2.45) is 17.6 Å².